The highest BCUT2D eigenvalue weighted by Crippen LogP contribution is 2.24. The third-order valence-electron chi connectivity index (χ3n) is 5.29. The minimum absolute atomic E-state index is 0.127. The summed E-state index contributed by atoms with van der Waals surface area (Å²) in [5, 5.41) is 0. The van der Waals surface area contributed by atoms with E-state index in [1.807, 2.05) is 42.2 Å². The summed E-state index contributed by atoms with van der Waals surface area (Å²) in [7, 11) is 0. The van der Waals surface area contributed by atoms with Gasteiger partial charge in [-0.05, 0) is 38.2 Å². The average Bonchev–Trinajstić information content (AvgIpc) is 3.03. The molecule has 1 unspecified atom stereocenters. The molecule has 0 N–H and O–H groups in total. The van der Waals surface area contributed by atoms with Gasteiger partial charge in [0, 0.05) is 38.3 Å². The number of esters is 1. The summed E-state index contributed by atoms with van der Waals surface area (Å²) in [6, 6.07) is 10.0. The van der Waals surface area contributed by atoms with Crippen LogP contribution in [0.3, 0.4) is 0 Å². The fourth-order valence-electron chi connectivity index (χ4n) is 3.78. The van der Waals surface area contributed by atoms with Crippen molar-refractivity contribution in [2.75, 3.05) is 13.2 Å². The Morgan fingerprint density at radius 3 is 2.57 bits per heavy atom. The number of likely N-dealkylation sites (tertiary alicyclic amines) is 1. The maximum absolute atomic E-state index is 12.3. The lowest BCUT2D eigenvalue weighted by molar-refractivity contribution is -0.143. The second-order valence-corrected chi connectivity index (χ2v) is 7.49. The number of ether oxygens (including phenoxy) is 1. The topological polar surface area (TPSA) is 63.7 Å². The molecule has 0 radical (unpaired) electrons. The molecule has 0 aromatic heterocycles. The Morgan fingerprint density at radius 2 is 1.82 bits per heavy atom. The first-order valence-corrected chi connectivity index (χ1v) is 10.6. The molecule has 1 atom stereocenters. The maximum Gasteiger partial charge on any atom is 0.305 e. The molecule has 0 bridgehead atoms. The summed E-state index contributed by atoms with van der Waals surface area (Å²) in [4.78, 5) is 37.7. The number of amides is 1. The van der Waals surface area contributed by atoms with E-state index in [1.54, 1.807) is 0 Å². The first-order valence-electron chi connectivity index (χ1n) is 10.6. The molecule has 2 rings (SSSR count). The van der Waals surface area contributed by atoms with Crippen molar-refractivity contribution in [3.05, 3.63) is 35.9 Å². The van der Waals surface area contributed by atoms with Gasteiger partial charge in [-0.3, -0.25) is 14.4 Å². The highest BCUT2D eigenvalue weighted by molar-refractivity contribution is 5.81. The molecule has 1 aromatic carbocycles. The zero-order valence-electron chi connectivity index (χ0n) is 17.0. The van der Waals surface area contributed by atoms with Crippen LogP contribution in [-0.2, 0) is 25.5 Å². The van der Waals surface area contributed by atoms with Crippen molar-refractivity contribution in [3.63, 3.8) is 0 Å². The van der Waals surface area contributed by atoms with Crippen molar-refractivity contribution >= 4 is 17.7 Å². The van der Waals surface area contributed by atoms with Gasteiger partial charge in [0.25, 0.3) is 0 Å². The maximum atomic E-state index is 12.3. The van der Waals surface area contributed by atoms with Crippen LogP contribution in [0, 0.1) is 0 Å². The van der Waals surface area contributed by atoms with Crippen molar-refractivity contribution in [2.45, 2.75) is 77.2 Å². The van der Waals surface area contributed by atoms with E-state index in [0.717, 1.165) is 50.6 Å². The Bertz CT molecular complexity index is 629. The van der Waals surface area contributed by atoms with Gasteiger partial charge >= 0.3 is 5.97 Å². The largest absolute Gasteiger partial charge is 0.466 e. The Balaban J connectivity index is 1.63. The summed E-state index contributed by atoms with van der Waals surface area (Å²) in [6.07, 6.45) is 7.46. The van der Waals surface area contributed by atoms with E-state index in [1.165, 1.54) is 0 Å². The van der Waals surface area contributed by atoms with Gasteiger partial charge in [0.15, 0.2) is 0 Å². The van der Waals surface area contributed by atoms with E-state index in [2.05, 4.69) is 0 Å². The van der Waals surface area contributed by atoms with E-state index in [-0.39, 0.29) is 23.7 Å². The number of hydrogen-bond acceptors (Lipinski definition) is 4. The summed E-state index contributed by atoms with van der Waals surface area (Å²) in [5.41, 5.74) is 1.05. The van der Waals surface area contributed by atoms with E-state index in [9.17, 15) is 14.4 Å². The highest BCUT2D eigenvalue weighted by atomic mass is 16.5. The smallest absolute Gasteiger partial charge is 0.305 e. The van der Waals surface area contributed by atoms with Crippen molar-refractivity contribution in [1.29, 1.82) is 0 Å². The van der Waals surface area contributed by atoms with Crippen LogP contribution in [0.1, 0.15) is 70.3 Å². The molecule has 1 aliphatic rings. The molecule has 1 saturated heterocycles. The van der Waals surface area contributed by atoms with Gasteiger partial charge in [-0.1, -0.05) is 43.2 Å². The van der Waals surface area contributed by atoms with Gasteiger partial charge in [0.05, 0.1) is 6.61 Å². The van der Waals surface area contributed by atoms with Crippen LogP contribution in [0.4, 0.5) is 0 Å². The number of Topliss-reactive ketones (excluding diaryl/α,β-unsaturated/α-hetero) is 1. The molecule has 5 heteroatoms. The number of ketones is 1. The number of carbonyl (C=O) groups is 3. The first kappa shape index (κ1) is 22.1. The lowest BCUT2D eigenvalue weighted by Crippen LogP contribution is -2.34. The van der Waals surface area contributed by atoms with Crippen LogP contribution in [0.5, 0.6) is 0 Å². The molecule has 0 aliphatic carbocycles. The summed E-state index contributed by atoms with van der Waals surface area (Å²) in [5.74, 6) is 0.328. The lowest BCUT2D eigenvalue weighted by atomic mass is 10.0. The van der Waals surface area contributed by atoms with Crippen molar-refractivity contribution in [1.82, 2.24) is 4.90 Å². The molecule has 5 nitrogen and oxygen atoms in total. The predicted molar refractivity (Wildman–Crippen MR) is 109 cm³/mol. The predicted octanol–water partition coefficient (Wildman–Crippen LogP) is 4.08. The number of unbranched alkanes of at least 4 members (excludes halogenated alkanes) is 3. The van der Waals surface area contributed by atoms with E-state index in [0.29, 0.717) is 32.3 Å². The molecule has 154 valence electrons. The summed E-state index contributed by atoms with van der Waals surface area (Å²) in [6.45, 7) is 3.01. The molecule has 0 spiro atoms. The SMILES string of the molecule is CCOC(=O)CCCCCCN1C(=O)CCC1CCC(=O)Cc1ccccc1. The number of nitrogens with zero attached hydrogens (tertiary/aromatic N) is 1. The van der Waals surface area contributed by atoms with Crippen LogP contribution in [-0.4, -0.2) is 41.8 Å². The van der Waals surface area contributed by atoms with Gasteiger partial charge in [0.1, 0.15) is 5.78 Å². The van der Waals surface area contributed by atoms with E-state index >= 15 is 0 Å². The minimum atomic E-state index is -0.127. The van der Waals surface area contributed by atoms with Crippen molar-refractivity contribution < 1.29 is 19.1 Å². The number of hydrogen-bond donors (Lipinski definition) is 0. The van der Waals surface area contributed by atoms with E-state index < -0.39 is 0 Å². The average molecular weight is 388 g/mol. The fraction of sp³-hybridized carbons (Fsp3) is 0.609. The molecular formula is C23H33NO4. The number of benzene rings is 1. The van der Waals surface area contributed by atoms with Crippen LogP contribution in [0.2, 0.25) is 0 Å². The Hall–Kier alpha value is -2.17. The van der Waals surface area contributed by atoms with Gasteiger partial charge in [-0.2, -0.15) is 0 Å². The monoisotopic (exact) mass is 387 g/mol. The molecular weight excluding hydrogens is 354 g/mol. The summed E-state index contributed by atoms with van der Waals surface area (Å²) >= 11 is 0. The van der Waals surface area contributed by atoms with Gasteiger partial charge in [0.2, 0.25) is 5.91 Å². The molecule has 1 aliphatic heterocycles. The second kappa shape index (κ2) is 12.3. The quantitative estimate of drug-likeness (QED) is 0.378. The second-order valence-electron chi connectivity index (χ2n) is 7.49. The minimum Gasteiger partial charge on any atom is -0.466 e. The van der Waals surface area contributed by atoms with Crippen molar-refractivity contribution in [3.8, 4) is 0 Å². The molecule has 0 saturated carbocycles. The zero-order valence-corrected chi connectivity index (χ0v) is 17.0. The van der Waals surface area contributed by atoms with Crippen LogP contribution < -0.4 is 0 Å². The highest BCUT2D eigenvalue weighted by Gasteiger charge is 2.30. The van der Waals surface area contributed by atoms with E-state index in [4.69, 9.17) is 4.74 Å². The fourth-order valence-corrected chi connectivity index (χ4v) is 3.78. The number of rotatable bonds is 13. The van der Waals surface area contributed by atoms with Gasteiger partial charge in [-0.25, -0.2) is 0 Å². The summed E-state index contributed by atoms with van der Waals surface area (Å²) < 4.78 is 4.92. The molecule has 1 aromatic rings. The van der Waals surface area contributed by atoms with Gasteiger partial charge in [-0.15, -0.1) is 0 Å². The Morgan fingerprint density at radius 1 is 1.07 bits per heavy atom. The molecule has 1 fully saturated rings. The molecule has 1 heterocycles. The van der Waals surface area contributed by atoms with Gasteiger partial charge < -0.3 is 9.64 Å². The molecule has 1 amide bonds. The third-order valence-corrected chi connectivity index (χ3v) is 5.29. The number of carbonyl (C=O) groups excluding carboxylic acids is 3. The lowest BCUT2D eigenvalue weighted by Gasteiger charge is -2.24. The molecule has 28 heavy (non-hydrogen) atoms. The Kier molecular flexibility index (Phi) is 9.73. The third kappa shape index (κ3) is 7.83. The Labute approximate surface area is 168 Å². The first-order chi connectivity index (χ1) is 13.6. The normalized spacial score (nSPS) is 16.4. The van der Waals surface area contributed by atoms with Crippen molar-refractivity contribution in [2.24, 2.45) is 0 Å². The van der Waals surface area contributed by atoms with Crippen LogP contribution >= 0.6 is 0 Å². The van der Waals surface area contributed by atoms with Crippen LogP contribution in [0.15, 0.2) is 30.3 Å². The standard InChI is InChI=1S/C23H33NO4/c1-2-28-23(27)12-8-3-4-9-17-24-20(14-16-22(24)26)13-15-21(25)18-19-10-6-5-7-11-19/h5-7,10-11,20H,2-4,8-9,12-18H2,1H3. The zero-order chi connectivity index (χ0) is 20.2. The van der Waals surface area contributed by atoms with Crippen LogP contribution in [0.25, 0.3) is 0 Å².